The number of benzene rings is 2. The first-order chi connectivity index (χ1) is 18.6. The fourth-order valence-corrected chi connectivity index (χ4v) is 6.52. The SMILES string of the molecule is CC(C)c1ccc(CNC(=O)[C@H]2C[C@H](NCc3ccncc3)CCN2S(=O)(=O)c2ccc(C(C)C)cc2)cc1. The van der Waals surface area contributed by atoms with Gasteiger partial charge in [-0.25, -0.2) is 8.42 Å². The Kier molecular flexibility index (Phi) is 9.53. The van der Waals surface area contributed by atoms with Crippen molar-refractivity contribution in [1.29, 1.82) is 0 Å². The molecule has 2 aromatic carbocycles. The smallest absolute Gasteiger partial charge is 0.243 e. The van der Waals surface area contributed by atoms with Crippen LogP contribution in [0.3, 0.4) is 0 Å². The van der Waals surface area contributed by atoms with E-state index in [1.807, 2.05) is 36.4 Å². The summed E-state index contributed by atoms with van der Waals surface area (Å²) in [7, 11) is -3.85. The molecular weight excluding hydrogens is 508 g/mol. The Morgan fingerprint density at radius 3 is 2.03 bits per heavy atom. The summed E-state index contributed by atoms with van der Waals surface area (Å²) in [5, 5.41) is 6.52. The molecule has 0 spiro atoms. The van der Waals surface area contributed by atoms with E-state index in [0.29, 0.717) is 37.8 Å². The number of sulfonamides is 1. The quantitative estimate of drug-likeness (QED) is 0.374. The Bertz CT molecular complexity index is 1320. The van der Waals surface area contributed by atoms with Crippen molar-refractivity contribution >= 4 is 15.9 Å². The maximum absolute atomic E-state index is 13.8. The molecule has 4 rings (SSSR count). The summed E-state index contributed by atoms with van der Waals surface area (Å²) in [5.41, 5.74) is 4.39. The summed E-state index contributed by atoms with van der Waals surface area (Å²) in [4.78, 5) is 17.8. The van der Waals surface area contributed by atoms with Crippen molar-refractivity contribution in [3.63, 3.8) is 0 Å². The van der Waals surface area contributed by atoms with Crippen LogP contribution in [0.4, 0.5) is 0 Å². The van der Waals surface area contributed by atoms with Crippen LogP contribution in [0.1, 0.15) is 74.6 Å². The molecule has 1 saturated heterocycles. The van der Waals surface area contributed by atoms with Gasteiger partial charge in [-0.15, -0.1) is 0 Å². The lowest BCUT2D eigenvalue weighted by molar-refractivity contribution is -0.126. The molecule has 1 fully saturated rings. The number of nitrogens with one attached hydrogen (secondary N) is 2. The van der Waals surface area contributed by atoms with Crippen LogP contribution < -0.4 is 10.6 Å². The first kappa shape index (κ1) is 28.9. The summed E-state index contributed by atoms with van der Waals surface area (Å²) in [6.07, 6.45) is 4.52. The topological polar surface area (TPSA) is 91.4 Å². The van der Waals surface area contributed by atoms with Crippen LogP contribution in [-0.2, 0) is 27.9 Å². The van der Waals surface area contributed by atoms with Gasteiger partial charge in [0.05, 0.1) is 4.90 Å². The van der Waals surface area contributed by atoms with Crippen LogP contribution in [0.15, 0.2) is 78.0 Å². The maximum Gasteiger partial charge on any atom is 0.243 e. The lowest BCUT2D eigenvalue weighted by Crippen LogP contribution is -2.56. The number of nitrogens with zero attached hydrogens (tertiary/aromatic N) is 2. The van der Waals surface area contributed by atoms with Gasteiger partial charge in [-0.1, -0.05) is 64.1 Å². The van der Waals surface area contributed by atoms with E-state index in [1.54, 1.807) is 24.5 Å². The zero-order valence-electron chi connectivity index (χ0n) is 23.3. The second-order valence-corrected chi connectivity index (χ2v) is 12.8. The molecule has 39 heavy (non-hydrogen) atoms. The zero-order chi connectivity index (χ0) is 28.0. The standard InChI is InChI=1S/C31H40N4O3S/c1-22(2)26-7-5-24(6-8-26)21-34-31(36)30-19-28(33-20-25-13-16-32-17-14-25)15-18-35(30)39(37,38)29-11-9-27(10-12-29)23(3)4/h5-14,16-17,22-23,28,30,33H,15,18-21H2,1-4H3,(H,34,36)/t28-,30-/m1/s1. The molecule has 0 bridgehead atoms. The van der Waals surface area contributed by atoms with Crippen molar-refractivity contribution in [2.45, 2.75) is 82.4 Å². The summed E-state index contributed by atoms with van der Waals surface area (Å²) < 4.78 is 28.9. The summed E-state index contributed by atoms with van der Waals surface area (Å²) in [6.45, 7) is 9.68. The molecule has 2 heterocycles. The minimum atomic E-state index is -3.85. The van der Waals surface area contributed by atoms with E-state index in [4.69, 9.17) is 0 Å². The molecule has 7 nitrogen and oxygen atoms in total. The largest absolute Gasteiger partial charge is 0.351 e. The lowest BCUT2D eigenvalue weighted by atomic mass is 9.98. The zero-order valence-corrected chi connectivity index (χ0v) is 24.1. The minimum Gasteiger partial charge on any atom is -0.351 e. The van der Waals surface area contributed by atoms with Gasteiger partial charge in [0.2, 0.25) is 15.9 Å². The molecule has 1 aliphatic heterocycles. The van der Waals surface area contributed by atoms with Crippen molar-refractivity contribution in [2.75, 3.05) is 6.54 Å². The molecule has 2 N–H and O–H groups in total. The van der Waals surface area contributed by atoms with E-state index >= 15 is 0 Å². The van der Waals surface area contributed by atoms with Gasteiger partial charge < -0.3 is 10.6 Å². The van der Waals surface area contributed by atoms with Gasteiger partial charge in [0.1, 0.15) is 6.04 Å². The second-order valence-electron chi connectivity index (χ2n) is 10.9. The molecule has 1 amide bonds. The predicted molar refractivity (Wildman–Crippen MR) is 155 cm³/mol. The van der Waals surface area contributed by atoms with Gasteiger partial charge in [-0.05, 0) is 71.2 Å². The third kappa shape index (κ3) is 7.32. The predicted octanol–water partition coefficient (Wildman–Crippen LogP) is 4.96. The third-order valence-electron chi connectivity index (χ3n) is 7.47. The van der Waals surface area contributed by atoms with Gasteiger partial charge in [-0.3, -0.25) is 9.78 Å². The van der Waals surface area contributed by atoms with Crippen molar-refractivity contribution in [1.82, 2.24) is 19.9 Å². The van der Waals surface area contributed by atoms with Crippen LogP contribution in [0.25, 0.3) is 0 Å². The van der Waals surface area contributed by atoms with Crippen molar-refractivity contribution in [2.24, 2.45) is 0 Å². The Morgan fingerprint density at radius 1 is 0.872 bits per heavy atom. The number of hydrogen-bond donors (Lipinski definition) is 2. The molecule has 1 aromatic heterocycles. The maximum atomic E-state index is 13.8. The monoisotopic (exact) mass is 548 g/mol. The van der Waals surface area contributed by atoms with E-state index in [0.717, 1.165) is 16.7 Å². The van der Waals surface area contributed by atoms with E-state index in [-0.39, 0.29) is 23.4 Å². The highest BCUT2D eigenvalue weighted by Crippen LogP contribution is 2.27. The highest BCUT2D eigenvalue weighted by Gasteiger charge is 2.40. The number of aromatic nitrogens is 1. The van der Waals surface area contributed by atoms with Gasteiger partial charge in [0.25, 0.3) is 0 Å². The van der Waals surface area contributed by atoms with Gasteiger partial charge in [0, 0.05) is 38.1 Å². The Balaban J connectivity index is 1.51. The molecule has 1 aliphatic rings. The normalized spacial score (nSPS) is 18.4. The molecule has 0 aliphatic carbocycles. The van der Waals surface area contributed by atoms with Crippen molar-refractivity contribution in [3.05, 3.63) is 95.3 Å². The highest BCUT2D eigenvalue weighted by atomic mass is 32.2. The van der Waals surface area contributed by atoms with Crippen molar-refractivity contribution in [3.8, 4) is 0 Å². The van der Waals surface area contributed by atoms with Crippen LogP contribution in [0.2, 0.25) is 0 Å². The number of rotatable bonds is 10. The number of amides is 1. The lowest BCUT2D eigenvalue weighted by Gasteiger charge is -2.38. The molecular formula is C31H40N4O3S. The Morgan fingerprint density at radius 2 is 1.44 bits per heavy atom. The highest BCUT2D eigenvalue weighted by molar-refractivity contribution is 7.89. The second kappa shape index (κ2) is 12.9. The third-order valence-corrected chi connectivity index (χ3v) is 9.39. The molecule has 8 heteroatoms. The summed E-state index contributed by atoms with van der Waals surface area (Å²) in [6, 6.07) is 18.3. The number of hydrogen-bond acceptors (Lipinski definition) is 5. The molecule has 2 atom stereocenters. The average Bonchev–Trinajstić information content (AvgIpc) is 2.95. The van der Waals surface area contributed by atoms with Crippen LogP contribution in [0.5, 0.6) is 0 Å². The molecule has 0 unspecified atom stereocenters. The first-order valence-electron chi connectivity index (χ1n) is 13.8. The van der Waals surface area contributed by atoms with E-state index < -0.39 is 16.1 Å². The van der Waals surface area contributed by atoms with E-state index in [9.17, 15) is 13.2 Å². The molecule has 0 saturated carbocycles. The fraction of sp³-hybridized carbons (Fsp3) is 0.419. The molecule has 208 valence electrons. The fourth-order valence-electron chi connectivity index (χ4n) is 4.91. The number of carbonyl (C=O) groups excluding carboxylic acids is 1. The average molecular weight is 549 g/mol. The Hall–Kier alpha value is -3.07. The minimum absolute atomic E-state index is 0.00834. The first-order valence-corrected chi connectivity index (χ1v) is 15.2. The van der Waals surface area contributed by atoms with Gasteiger partial charge in [0.15, 0.2) is 0 Å². The van der Waals surface area contributed by atoms with Gasteiger partial charge in [-0.2, -0.15) is 4.31 Å². The van der Waals surface area contributed by atoms with E-state index in [1.165, 1.54) is 9.87 Å². The number of carbonyl (C=O) groups is 1. The molecule has 0 radical (unpaired) electrons. The summed E-state index contributed by atoms with van der Waals surface area (Å²) in [5.74, 6) is 0.457. The Labute approximate surface area is 233 Å². The number of piperidine rings is 1. The van der Waals surface area contributed by atoms with Crippen molar-refractivity contribution < 1.29 is 13.2 Å². The summed E-state index contributed by atoms with van der Waals surface area (Å²) >= 11 is 0. The van der Waals surface area contributed by atoms with Gasteiger partial charge >= 0.3 is 0 Å². The number of pyridine rings is 1. The van der Waals surface area contributed by atoms with E-state index in [2.05, 4.69) is 55.4 Å². The van der Waals surface area contributed by atoms with Crippen LogP contribution >= 0.6 is 0 Å². The molecule has 3 aromatic rings. The van der Waals surface area contributed by atoms with Crippen LogP contribution in [-0.4, -0.2) is 42.2 Å². The van der Waals surface area contributed by atoms with Crippen LogP contribution in [0, 0.1) is 0 Å².